The zero-order valence-electron chi connectivity index (χ0n) is 13.1. The van der Waals surface area contributed by atoms with Crippen molar-refractivity contribution in [3.05, 3.63) is 17.5 Å². The summed E-state index contributed by atoms with van der Waals surface area (Å²) in [6.45, 7) is 4.32. The summed E-state index contributed by atoms with van der Waals surface area (Å²) < 4.78 is 1.64. The van der Waals surface area contributed by atoms with Crippen molar-refractivity contribution in [2.75, 3.05) is 40.3 Å². The van der Waals surface area contributed by atoms with Gasteiger partial charge in [0, 0.05) is 46.5 Å². The number of nitrogens with one attached hydrogen (secondary N) is 1. The van der Waals surface area contributed by atoms with Crippen LogP contribution in [0, 0.1) is 12.8 Å². The molecule has 1 aromatic rings. The second kappa shape index (κ2) is 6.26. The van der Waals surface area contributed by atoms with Crippen molar-refractivity contribution in [1.82, 2.24) is 24.9 Å². The van der Waals surface area contributed by atoms with Crippen LogP contribution in [0.15, 0.2) is 6.20 Å². The minimum atomic E-state index is -0.205. The van der Waals surface area contributed by atoms with Gasteiger partial charge in [0.15, 0.2) is 0 Å². The van der Waals surface area contributed by atoms with Gasteiger partial charge in [-0.3, -0.25) is 14.3 Å². The van der Waals surface area contributed by atoms with E-state index in [0.29, 0.717) is 25.2 Å². The van der Waals surface area contributed by atoms with Crippen molar-refractivity contribution in [2.45, 2.75) is 6.92 Å². The average Bonchev–Trinajstić information content (AvgIpc) is 2.66. The fraction of sp³-hybridized carbons (Fsp3) is 0.643. The molecule has 2 heterocycles. The van der Waals surface area contributed by atoms with E-state index in [0.717, 1.165) is 12.2 Å². The molecule has 0 aromatic carbocycles. The van der Waals surface area contributed by atoms with Crippen molar-refractivity contribution in [2.24, 2.45) is 13.0 Å². The molecule has 0 saturated carbocycles. The predicted molar refractivity (Wildman–Crippen MR) is 78.9 cm³/mol. The minimum Gasteiger partial charge on any atom is -0.359 e. The molecule has 2 amide bonds. The lowest BCUT2D eigenvalue weighted by Crippen LogP contribution is -2.41. The Labute approximate surface area is 124 Å². The van der Waals surface area contributed by atoms with E-state index in [9.17, 15) is 9.59 Å². The van der Waals surface area contributed by atoms with Crippen molar-refractivity contribution in [3.8, 4) is 0 Å². The van der Waals surface area contributed by atoms with Crippen LogP contribution in [0.1, 0.15) is 16.1 Å². The highest BCUT2D eigenvalue weighted by Crippen LogP contribution is 2.14. The summed E-state index contributed by atoms with van der Waals surface area (Å²) in [6, 6.07) is 0. The Morgan fingerprint density at radius 2 is 2.00 bits per heavy atom. The van der Waals surface area contributed by atoms with Gasteiger partial charge in [-0.2, -0.15) is 5.10 Å². The van der Waals surface area contributed by atoms with E-state index < -0.39 is 0 Å². The van der Waals surface area contributed by atoms with Crippen LogP contribution in [-0.2, 0) is 11.8 Å². The van der Waals surface area contributed by atoms with Gasteiger partial charge >= 0.3 is 0 Å². The number of hydrogen-bond donors (Lipinski definition) is 1. The summed E-state index contributed by atoms with van der Waals surface area (Å²) >= 11 is 0. The molecule has 1 aromatic heterocycles. The molecule has 21 heavy (non-hydrogen) atoms. The Hall–Kier alpha value is -1.89. The van der Waals surface area contributed by atoms with Gasteiger partial charge in [0.2, 0.25) is 5.91 Å². The number of aryl methyl sites for hydroxylation is 2. The fourth-order valence-corrected chi connectivity index (χ4v) is 2.71. The molecule has 1 aliphatic heterocycles. The van der Waals surface area contributed by atoms with Gasteiger partial charge in [0.05, 0.1) is 17.2 Å². The third-order valence-corrected chi connectivity index (χ3v) is 3.87. The van der Waals surface area contributed by atoms with Crippen LogP contribution in [0.4, 0.5) is 0 Å². The number of nitrogens with zero attached hydrogens (tertiary/aromatic N) is 4. The largest absolute Gasteiger partial charge is 0.359 e. The summed E-state index contributed by atoms with van der Waals surface area (Å²) in [6.07, 6.45) is 1.74. The lowest BCUT2D eigenvalue weighted by Gasteiger charge is -2.23. The highest BCUT2D eigenvalue weighted by atomic mass is 16.2. The van der Waals surface area contributed by atoms with Crippen molar-refractivity contribution >= 4 is 11.8 Å². The number of carbonyl (C=O) groups is 2. The first kappa shape index (κ1) is 15.5. The number of likely N-dealkylation sites (N-methyl/N-ethyl adjacent to an activating group) is 1. The van der Waals surface area contributed by atoms with E-state index in [1.165, 1.54) is 0 Å². The van der Waals surface area contributed by atoms with E-state index in [2.05, 4.69) is 15.3 Å². The van der Waals surface area contributed by atoms with Crippen LogP contribution in [0.25, 0.3) is 0 Å². The maximum atomic E-state index is 12.7. The van der Waals surface area contributed by atoms with Gasteiger partial charge in [0.1, 0.15) is 0 Å². The van der Waals surface area contributed by atoms with Crippen molar-refractivity contribution < 1.29 is 9.59 Å². The molecule has 0 radical (unpaired) electrons. The van der Waals surface area contributed by atoms with Crippen molar-refractivity contribution in [3.63, 3.8) is 0 Å². The monoisotopic (exact) mass is 293 g/mol. The second-order valence-corrected chi connectivity index (χ2v) is 5.63. The SMILES string of the molecule is CNC(=O)[C@H]1CN(C)CCN(C(=O)c2cn(C)nc2C)C1. The smallest absolute Gasteiger partial charge is 0.257 e. The average molecular weight is 293 g/mol. The predicted octanol–water partition coefficient (Wildman–Crippen LogP) is -0.522. The number of amides is 2. The van der Waals surface area contributed by atoms with E-state index in [1.54, 1.807) is 29.9 Å². The maximum Gasteiger partial charge on any atom is 0.257 e. The highest BCUT2D eigenvalue weighted by Gasteiger charge is 2.29. The fourth-order valence-electron chi connectivity index (χ4n) is 2.71. The zero-order chi connectivity index (χ0) is 15.6. The molecule has 116 valence electrons. The molecule has 0 bridgehead atoms. The molecule has 0 aliphatic carbocycles. The van der Waals surface area contributed by atoms with Gasteiger partial charge < -0.3 is 15.1 Å². The van der Waals surface area contributed by atoms with Crippen LogP contribution in [0.2, 0.25) is 0 Å². The molecule has 7 heteroatoms. The molecular formula is C14H23N5O2. The first-order chi connectivity index (χ1) is 9.92. The number of rotatable bonds is 2. The summed E-state index contributed by atoms with van der Waals surface area (Å²) in [5.74, 6) is -0.280. The van der Waals surface area contributed by atoms with Crippen LogP contribution >= 0.6 is 0 Å². The zero-order valence-corrected chi connectivity index (χ0v) is 13.1. The molecule has 1 aliphatic rings. The Bertz CT molecular complexity index is 539. The molecule has 0 spiro atoms. The number of carbonyl (C=O) groups excluding carboxylic acids is 2. The summed E-state index contributed by atoms with van der Waals surface area (Å²) in [5.41, 5.74) is 1.33. The Morgan fingerprint density at radius 3 is 2.57 bits per heavy atom. The molecule has 7 nitrogen and oxygen atoms in total. The molecule has 2 rings (SSSR count). The Balaban J connectivity index is 2.19. The summed E-state index contributed by atoms with van der Waals surface area (Å²) in [5, 5.41) is 6.89. The van der Waals surface area contributed by atoms with Crippen LogP contribution in [-0.4, -0.2) is 71.7 Å². The summed E-state index contributed by atoms with van der Waals surface area (Å²) in [4.78, 5) is 28.5. The summed E-state index contributed by atoms with van der Waals surface area (Å²) in [7, 11) is 5.40. The lowest BCUT2D eigenvalue weighted by molar-refractivity contribution is -0.125. The van der Waals surface area contributed by atoms with Gasteiger partial charge in [-0.15, -0.1) is 0 Å². The standard InChI is InChI=1S/C14H23N5O2/c1-10-12(9-18(4)16-10)14(21)19-6-5-17(3)7-11(8-19)13(20)15-2/h9,11H,5-8H2,1-4H3,(H,15,20)/t11-/m0/s1. The normalized spacial score (nSPS) is 20.2. The van der Waals surface area contributed by atoms with E-state index in [1.807, 2.05) is 14.0 Å². The number of aromatic nitrogens is 2. The third kappa shape index (κ3) is 3.41. The van der Waals surface area contributed by atoms with Crippen LogP contribution in [0.5, 0.6) is 0 Å². The Kier molecular flexibility index (Phi) is 4.62. The minimum absolute atomic E-state index is 0.0236. The van der Waals surface area contributed by atoms with E-state index in [4.69, 9.17) is 0 Å². The first-order valence-corrected chi connectivity index (χ1v) is 7.12. The van der Waals surface area contributed by atoms with Gasteiger partial charge in [0.25, 0.3) is 5.91 Å². The molecule has 1 saturated heterocycles. The van der Waals surface area contributed by atoms with Gasteiger partial charge in [-0.05, 0) is 14.0 Å². The lowest BCUT2D eigenvalue weighted by atomic mass is 10.1. The first-order valence-electron chi connectivity index (χ1n) is 7.12. The molecule has 1 atom stereocenters. The quantitative estimate of drug-likeness (QED) is 0.796. The van der Waals surface area contributed by atoms with Crippen molar-refractivity contribution in [1.29, 1.82) is 0 Å². The van der Waals surface area contributed by atoms with Gasteiger partial charge in [-0.1, -0.05) is 0 Å². The number of hydrogen-bond acceptors (Lipinski definition) is 4. The second-order valence-electron chi connectivity index (χ2n) is 5.63. The highest BCUT2D eigenvalue weighted by molar-refractivity contribution is 5.95. The van der Waals surface area contributed by atoms with Crippen LogP contribution in [0.3, 0.4) is 0 Å². The molecule has 1 fully saturated rings. The Morgan fingerprint density at radius 1 is 1.29 bits per heavy atom. The maximum absolute atomic E-state index is 12.7. The molecule has 1 N–H and O–H groups in total. The topological polar surface area (TPSA) is 70.5 Å². The molecular weight excluding hydrogens is 270 g/mol. The van der Waals surface area contributed by atoms with E-state index >= 15 is 0 Å². The van der Waals surface area contributed by atoms with Crippen LogP contribution < -0.4 is 5.32 Å². The third-order valence-electron chi connectivity index (χ3n) is 3.87. The molecule has 0 unspecified atom stereocenters. The van der Waals surface area contributed by atoms with E-state index in [-0.39, 0.29) is 17.7 Å². The van der Waals surface area contributed by atoms with Gasteiger partial charge in [-0.25, -0.2) is 0 Å².